The molecule has 9 heteroatoms. The Hall–Kier alpha value is -1.58. The van der Waals surface area contributed by atoms with Gasteiger partial charge in [0.05, 0.1) is 12.6 Å². The van der Waals surface area contributed by atoms with Crippen molar-refractivity contribution in [3.05, 3.63) is 5.82 Å². The second-order valence-electron chi connectivity index (χ2n) is 8.33. The minimum Gasteiger partial charge on any atom is -0.392 e. The van der Waals surface area contributed by atoms with E-state index in [-0.39, 0.29) is 12.0 Å². The van der Waals surface area contributed by atoms with E-state index in [0.717, 1.165) is 63.7 Å². The van der Waals surface area contributed by atoms with Gasteiger partial charge in [-0.15, -0.1) is 5.10 Å². The Balaban J connectivity index is 1.30. The van der Waals surface area contributed by atoms with Gasteiger partial charge in [0, 0.05) is 32.6 Å². The molecule has 1 aromatic heterocycles. The molecule has 3 heterocycles. The Morgan fingerprint density at radius 2 is 2.00 bits per heavy atom. The van der Waals surface area contributed by atoms with Crippen molar-refractivity contribution < 1.29 is 9.90 Å². The lowest BCUT2D eigenvalue weighted by molar-refractivity contribution is -0.121. The summed E-state index contributed by atoms with van der Waals surface area (Å²) in [7, 11) is 0. The number of aliphatic hydroxyl groups excluding tert-OH is 1. The minimum absolute atomic E-state index is 0.0669. The molecule has 28 heavy (non-hydrogen) atoms. The second kappa shape index (κ2) is 10.8. The number of nitrogens with one attached hydrogen (secondary N) is 1. The maximum atomic E-state index is 12.1. The smallest absolute Gasteiger partial charge is 0.220 e. The third-order valence-electron chi connectivity index (χ3n) is 5.85. The highest BCUT2D eigenvalue weighted by Gasteiger charge is 2.19. The van der Waals surface area contributed by atoms with Crippen LogP contribution in [0.5, 0.6) is 0 Å². The van der Waals surface area contributed by atoms with Crippen molar-refractivity contribution in [2.24, 2.45) is 5.92 Å². The Morgan fingerprint density at radius 1 is 1.18 bits per heavy atom. The van der Waals surface area contributed by atoms with Gasteiger partial charge in [-0.3, -0.25) is 14.6 Å². The predicted octanol–water partition coefficient (Wildman–Crippen LogP) is 0.258. The Labute approximate surface area is 167 Å². The van der Waals surface area contributed by atoms with E-state index in [1.54, 1.807) is 0 Å². The van der Waals surface area contributed by atoms with Gasteiger partial charge >= 0.3 is 0 Å². The predicted molar refractivity (Wildman–Crippen MR) is 105 cm³/mol. The van der Waals surface area contributed by atoms with Crippen LogP contribution in [0, 0.1) is 5.92 Å². The fourth-order valence-electron chi connectivity index (χ4n) is 4.00. The van der Waals surface area contributed by atoms with Gasteiger partial charge in [-0.05, 0) is 68.1 Å². The summed E-state index contributed by atoms with van der Waals surface area (Å²) in [6, 6.07) is 0. The molecule has 158 valence electrons. The summed E-state index contributed by atoms with van der Waals surface area (Å²) in [5.41, 5.74) is 0. The number of aromatic nitrogens is 4. The van der Waals surface area contributed by atoms with E-state index in [2.05, 4.69) is 37.6 Å². The standard InChI is InChI=1S/C19H35N7O2/c1-16-6-11-25(12-7-16)15-18-21-22-23-26(18)10-3-5-19(28)20-8-13-24-9-2-4-17(27)14-24/h16-17,27H,2-15H2,1H3,(H,20,28). The zero-order valence-electron chi connectivity index (χ0n) is 17.1. The maximum absolute atomic E-state index is 12.1. The number of amides is 1. The van der Waals surface area contributed by atoms with Gasteiger partial charge in [0.25, 0.3) is 0 Å². The van der Waals surface area contributed by atoms with Gasteiger partial charge in [-0.2, -0.15) is 0 Å². The minimum atomic E-state index is -0.219. The number of rotatable bonds is 9. The molecule has 2 fully saturated rings. The first-order valence-electron chi connectivity index (χ1n) is 10.7. The fourth-order valence-corrected chi connectivity index (χ4v) is 4.00. The van der Waals surface area contributed by atoms with E-state index in [1.807, 2.05) is 4.68 Å². The molecule has 2 aliphatic rings. The summed E-state index contributed by atoms with van der Waals surface area (Å²) in [4.78, 5) is 16.7. The van der Waals surface area contributed by atoms with Gasteiger partial charge in [0.1, 0.15) is 0 Å². The lowest BCUT2D eigenvalue weighted by Crippen LogP contribution is -2.42. The topological polar surface area (TPSA) is 99.4 Å². The number of nitrogens with zero attached hydrogens (tertiary/aromatic N) is 6. The molecule has 0 aromatic carbocycles. The van der Waals surface area contributed by atoms with E-state index in [1.165, 1.54) is 12.8 Å². The number of aryl methyl sites for hydroxylation is 1. The summed E-state index contributed by atoms with van der Waals surface area (Å²) in [5, 5.41) is 24.7. The number of aliphatic hydroxyl groups is 1. The van der Waals surface area contributed by atoms with Crippen LogP contribution in [-0.2, 0) is 17.9 Å². The molecule has 9 nitrogen and oxygen atoms in total. The largest absolute Gasteiger partial charge is 0.392 e. The number of hydrogen-bond donors (Lipinski definition) is 2. The van der Waals surface area contributed by atoms with Crippen molar-refractivity contribution in [2.75, 3.05) is 39.3 Å². The van der Waals surface area contributed by atoms with Crippen molar-refractivity contribution >= 4 is 5.91 Å². The van der Waals surface area contributed by atoms with Crippen LogP contribution in [-0.4, -0.2) is 86.4 Å². The number of hydrogen-bond acceptors (Lipinski definition) is 7. The van der Waals surface area contributed by atoms with E-state index < -0.39 is 0 Å². The highest BCUT2D eigenvalue weighted by molar-refractivity contribution is 5.75. The third kappa shape index (κ3) is 6.79. The molecule has 0 spiro atoms. The number of carbonyl (C=O) groups excluding carboxylic acids is 1. The highest BCUT2D eigenvalue weighted by atomic mass is 16.3. The molecule has 1 unspecified atom stereocenters. The van der Waals surface area contributed by atoms with Crippen molar-refractivity contribution in [3.63, 3.8) is 0 Å². The molecule has 0 saturated carbocycles. The van der Waals surface area contributed by atoms with Crippen LogP contribution in [0.3, 0.4) is 0 Å². The van der Waals surface area contributed by atoms with Crippen molar-refractivity contribution in [2.45, 2.75) is 64.6 Å². The summed E-state index contributed by atoms with van der Waals surface area (Å²) in [6.07, 6.45) is 5.37. The van der Waals surface area contributed by atoms with Crippen molar-refractivity contribution in [3.8, 4) is 0 Å². The third-order valence-corrected chi connectivity index (χ3v) is 5.85. The molecule has 1 atom stereocenters. The summed E-state index contributed by atoms with van der Waals surface area (Å²) < 4.78 is 1.83. The first-order valence-corrected chi connectivity index (χ1v) is 10.7. The van der Waals surface area contributed by atoms with Crippen LogP contribution in [0.15, 0.2) is 0 Å². The molecule has 0 aliphatic carbocycles. The van der Waals surface area contributed by atoms with E-state index in [4.69, 9.17) is 0 Å². The normalized spacial score (nSPS) is 22.4. The van der Waals surface area contributed by atoms with Crippen LogP contribution in [0.1, 0.15) is 51.3 Å². The summed E-state index contributed by atoms with van der Waals surface area (Å²) in [6.45, 7) is 9.12. The molecule has 2 saturated heterocycles. The summed E-state index contributed by atoms with van der Waals surface area (Å²) >= 11 is 0. The lowest BCUT2D eigenvalue weighted by atomic mass is 9.99. The van der Waals surface area contributed by atoms with Crippen LogP contribution in [0.4, 0.5) is 0 Å². The molecule has 0 bridgehead atoms. The zero-order chi connectivity index (χ0) is 19.8. The Morgan fingerprint density at radius 3 is 2.79 bits per heavy atom. The van der Waals surface area contributed by atoms with Crippen LogP contribution in [0.2, 0.25) is 0 Å². The first kappa shape index (κ1) is 21.1. The highest BCUT2D eigenvalue weighted by Crippen LogP contribution is 2.17. The molecule has 1 amide bonds. The fraction of sp³-hybridized carbons (Fsp3) is 0.895. The number of β-amino-alcohol motifs (C(OH)–C–C–N with tert-alkyl or cyclic N) is 1. The molecule has 2 aliphatic heterocycles. The number of piperidine rings is 2. The van der Waals surface area contributed by atoms with Crippen LogP contribution >= 0.6 is 0 Å². The second-order valence-corrected chi connectivity index (χ2v) is 8.33. The molecular formula is C19H35N7O2. The van der Waals surface area contributed by atoms with Crippen LogP contribution < -0.4 is 5.32 Å². The lowest BCUT2D eigenvalue weighted by Gasteiger charge is -2.29. The van der Waals surface area contributed by atoms with Gasteiger partial charge in [0.2, 0.25) is 5.91 Å². The monoisotopic (exact) mass is 393 g/mol. The number of carbonyl (C=O) groups is 1. The molecule has 0 radical (unpaired) electrons. The van der Waals surface area contributed by atoms with Crippen molar-refractivity contribution in [1.82, 2.24) is 35.3 Å². The first-order chi connectivity index (χ1) is 13.6. The summed E-state index contributed by atoms with van der Waals surface area (Å²) in [5.74, 6) is 1.77. The van der Waals surface area contributed by atoms with Gasteiger partial charge in [-0.1, -0.05) is 6.92 Å². The number of tetrazole rings is 1. The van der Waals surface area contributed by atoms with Gasteiger partial charge in [-0.25, -0.2) is 4.68 Å². The SMILES string of the molecule is CC1CCN(Cc2nnnn2CCCC(=O)NCCN2CCCC(O)C2)CC1. The van der Waals surface area contributed by atoms with Crippen LogP contribution in [0.25, 0.3) is 0 Å². The zero-order valence-corrected chi connectivity index (χ0v) is 17.1. The maximum Gasteiger partial charge on any atom is 0.220 e. The molecular weight excluding hydrogens is 358 g/mol. The van der Waals surface area contributed by atoms with Crippen molar-refractivity contribution in [1.29, 1.82) is 0 Å². The molecule has 3 rings (SSSR count). The average Bonchev–Trinajstić information content (AvgIpc) is 3.11. The molecule has 2 N–H and O–H groups in total. The van der Waals surface area contributed by atoms with E-state index >= 15 is 0 Å². The quantitative estimate of drug-likeness (QED) is 0.621. The molecule has 1 aromatic rings. The van der Waals surface area contributed by atoms with Gasteiger partial charge in [0.15, 0.2) is 5.82 Å². The Bertz CT molecular complexity index is 601. The van der Waals surface area contributed by atoms with Gasteiger partial charge < -0.3 is 10.4 Å². The van der Waals surface area contributed by atoms with E-state index in [9.17, 15) is 9.90 Å². The van der Waals surface area contributed by atoms with E-state index in [0.29, 0.717) is 26.1 Å². The Kier molecular flexibility index (Phi) is 8.17. The number of likely N-dealkylation sites (tertiary alicyclic amines) is 2. The average molecular weight is 394 g/mol.